The van der Waals surface area contributed by atoms with Gasteiger partial charge in [0.25, 0.3) is 0 Å². The molecule has 1 atom stereocenters. The number of ether oxygens (including phenoxy) is 1. The van der Waals surface area contributed by atoms with Gasteiger partial charge in [-0.05, 0) is 12.8 Å². The van der Waals surface area contributed by atoms with Gasteiger partial charge in [0.15, 0.2) is 0 Å². The maximum atomic E-state index is 10.8. The smallest absolute Gasteiger partial charge is 0.322 e. The van der Waals surface area contributed by atoms with Crippen LogP contribution in [-0.4, -0.2) is 30.6 Å². The molecule has 0 heterocycles. The Hall–Kier alpha value is -1.17. The molecule has 0 radical (unpaired) electrons. The van der Waals surface area contributed by atoms with E-state index < -0.39 is 12.0 Å². The summed E-state index contributed by atoms with van der Waals surface area (Å²) in [4.78, 5) is 20.3. The summed E-state index contributed by atoms with van der Waals surface area (Å²) >= 11 is 0. The molecule has 0 amide bonds. The minimum atomic E-state index is -0.656. The first-order valence-corrected chi connectivity index (χ1v) is 4.03. The van der Waals surface area contributed by atoms with E-state index in [1.54, 1.807) is 0 Å². The second kappa shape index (κ2) is 6.36. The zero-order valence-electron chi connectivity index (χ0n) is 7.56. The number of methoxy groups -OCH3 is 1. The first kappa shape index (κ1) is 11.8. The molecular weight excluding hydrogens is 176 g/mol. The highest BCUT2D eigenvalue weighted by molar-refractivity contribution is 5.75. The highest BCUT2D eigenvalue weighted by Crippen LogP contribution is 2.00. The van der Waals surface area contributed by atoms with Gasteiger partial charge in [-0.2, -0.15) is 0 Å². The van der Waals surface area contributed by atoms with E-state index in [4.69, 9.17) is 5.73 Å². The second-order valence-corrected chi connectivity index (χ2v) is 2.68. The molecular formula is C7H14N2O4. The highest BCUT2D eigenvalue weighted by Gasteiger charge is 2.12. The maximum Gasteiger partial charge on any atom is 0.322 e. The normalized spacial score (nSPS) is 12.2. The number of unbranched alkanes of at least 4 members (excludes halogenated alkanes) is 1. The Bertz CT molecular complexity index is 183. The topological polar surface area (TPSA) is 95.5 Å². The van der Waals surface area contributed by atoms with Gasteiger partial charge in [-0.25, -0.2) is 0 Å². The van der Waals surface area contributed by atoms with Crippen LogP contribution in [0, 0.1) is 10.1 Å². The fraction of sp³-hybridized carbons (Fsp3) is 0.857. The molecule has 0 unspecified atom stereocenters. The van der Waals surface area contributed by atoms with E-state index in [0.717, 1.165) is 0 Å². The molecule has 0 bridgehead atoms. The van der Waals surface area contributed by atoms with Crippen molar-refractivity contribution in [2.24, 2.45) is 5.73 Å². The predicted molar refractivity (Wildman–Crippen MR) is 45.7 cm³/mol. The van der Waals surface area contributed by atoms with E-state index in [-0.39, 0.29) is 11.5 Å². The minimum Gasteiger partial charge on any atom is -0.468 e. The zero-order chi connectivity index (χ0) is 10.3. The third kappa shape index (κ3) is 6.03. The fourth-order valence-corrected chi connectivity index (χ4v) is 0.874. The summed E-state index contributed by atoms with van der Waals surface area (Å²) in [7, 11) is 1.26. The van der Waals surface area contributed by atoms with E-state index in [1.807, 2.05) is 0 Å². The summed E-state index contributed by atoms with van der Waals surface area (Å²) in [5.41, 5.74) is 5.40. The summed E-state index contributed by atoms with van der Waals surface area (Å²) in [5.74, 6) is -0.471. The predicted octanol–water partition coefficient (Wildman–Crippen LogP) is -0.0663. The number of nitrogens with zero attached hydrogens (tertiary/aromatic N) is 1. The average Bonchev–Trinajstić information content (AvgIpc) is 2.10. The van der Waals surface area contributed by atoms with E-state index in [2.05, 4.69) is 4.74 Å². The molecule has 6 nitrogen and oxygen atoms in total. The van der Waals surface area contributed by atoms with Gasteiger partial charge in [-0.3, -0.25) is 14.9 Å². The summed E-state index contributed by atoms with van der Waals surface area (Å²) < 4.78 is 4.39. The van der Waals surface area contributed by atoms with Crippen LogP contribution in [0.5, 0.6) is 0 Å². The number of hydrogen-bond acceptors (Lipinski definition) is 5. The van der Waals surface area contributed by atoms with Gasteiger partial charge in [0.1, 0.15) is 6.04 Å². The number of carbonyl (C=O) groups excluding carboxylic acids is 1. The van der Waals surface area contributed by atoms with E-state index in [0.29, 0.717) is 19.3 Å². The quantitative estimate of drug-likeness (QED) is 0.274. The molecule has 0 aromatic carbocycles. The summed E-state index contributed by atoms with van der Waals surface area (Å²) in [6.45, 7) is -0.0755. The number of rotatable bonds is 6. The summed E-state index contributed by atoms with van der Waals surface area (Å²) in [6, 6.07) is -0.656. The van der Waals surface area contributed by atoms with Crippen LogP contribution in [0.3, 0.4) is 0 Å². The summed E-state index contributed by atoms with van der Waals surface area (Å²) in [5, 5.41) is 9.92. The van der Waals surface area contributed by atoms with Crippen molar-refractivity contribution in [3.05, 3.63) is 10.1 Å². The van der Waals surface area contributed by atoms with Gasteiger partial charge in [0.2, 0.25) is 6.54 Å². The third-order valence-corrected chi connectivity index (χ3v) is 1.61. The molecule has 0 aliphatic rings. The minimum absolute atomic E-state index is 0.0755. The van der Waals surface area contributed by atoms with E-state index in [9.17, 15) is 14.9 Å². The lowest BCUT2D eigenvalue weighted by molar-refractivity contribution is -0.480. The Morgan fingerprint density at radius 3 is 2.69 bits per heavy atom. The van der Waals surface area contributed by atoms with Crippen LogP contribution in [0.25, 0.3) is 0 Å². The first-order valence-electron chi connectivity index (χ1n) is 4.03. The van der Waals surface area contributed by atoms with Crippen molar-refractivity contribution >= 4 is 5.97 Å². The van der Waals surface area contributed by atoms with Crippen LogP contribution in [0.1, 0.15) is 19.3 Å². The molecule has 0 aliphatic heterocycles. The molecule has 0 rings (SSSR count). The van der Waals surface area contributed by atoms with Crippen LogP contribution >= 0.6 is 0 Å². The maximum absolute atomic E-state index is 10.8. The third-order valence-electron chi connectivity index (χ3n) is 1.61. The molecule has 6 heteroatoms. The Balaban J connectivity index is 3.42. The Labute approximate surface area is 76.2 Å². The highest BCUT2D eigenvalue weighted by atomic mass is 16.6. The molecule has 0 saturated heterocycles. The van der Waals surface area contributed by atoms with Crippen molar-refractivity contribution in [1.29, 1.82) is 0 Å². The molecule has 0 fully saturated rings. The Morgan fingerprint density at radius 2 is 2.23 bits per heavy atom. The molecule has 13 heavy (non-hydrogen) atoms. The molecule has 0 aromatic heterocycles. The lowest BCUT2D eigenvalue weighted by Gasteiger charge is -2.07. The lowest BCUT2D eigenvalue weighted by Crippen LogP contribution is -2.31. The number of esters is 1. The number of nitro groups is 1. The molecule has 0 aromatic rings. The van der Waals surface area contributed by atoms with Crippen LogP contribution in [-0.2, 0) is 9.53 Å². The van der Waals surface area contributed by atoms with Gasteiger partial charge in [0, 0.05) is 11.3 Å². The number of carbonyl (C=O) groups is 1. The molecule has 0 spiro atoms. The van der Waals surface area contributed by atoms with Crippen molar-refractivity contribution < 1.29 is 14.5 Å². The van der Waals surface area contributed by atoms with Crippen LogP contribution in [0.15, 0.2) is 0 Å². The SMILES string of the molecule is COC(=O)[C@@H](N)CCCC[N+](=O)[O-]. The average molecular weight is 190 g/mol. The first-order chi connectivity index (χ1) is 6.07. The molecule has 0 saturated carbocycles. The number of nitrogens with two attached hydrogens (primary N) is 1. The molecule has 76 valence electrons. The number of hydrogen-bond donors (Lipinski definition) is 1. The largest absolute Gasteiger partial charge is 0.468 e. The Kier molecular flexibility index (Phi) is 5.79. The van der Waals surface area contributed by atoms with Crippen LogP contribution in [0.4, 0.5) is 0 Å². The van der Waals surface area contributed by atoms with E-state index >= 15 is 0 Å². The van der Waals surface area contributed by atoms with Crippen molar-refractivity contribution in [2.45, 2.75) is 25.3 Å². The fourth-order valence-electron chi connectivity index (χ4n) is 0.874. The van der Waals surface area contributed by atoms with Crippen molar-refractivity contribution in [1.82, 2.24) is 0 Å². The van der Waals surface area contributed by atoms with Crippen molar-refractivity contribution in [2.75, 3.05) is 13.7 Å². The van der Waals surface area contributed by atoms with Gasteiger partial charge < -0.3 is 10.5 Å². The lowest BCUT2D eigenvalue weighted by atomic mass is 10.1. The van der Waals surface area contributed by atoms with Gasteiger partial charge in [-0.1, -0.05) is 0 Å². The second-order valence-electron chi connectivity index (χ2n) is 2.68. The van der Waals surface area contributed by atoms with Crippen LogP contribution < -0.4 is 5.73 Å². The van der Waals surface area contributed by atoms with Gasteiger partial charge in [0.05, 0.1) is 7.11 Å². The monoisotopic (exact) mass is 190 g/mol. The Morgan fingerprint density at radius 1 is 1.62 bits per heavy atom. The van der Waals surface area contributed by atoms with Gasteiger partial charge >= 0.3 is 5.97 Å². The molecule has 2 N–H and O–H groups in total. The van der Waals surface area contributed by atoms with E-state index in [1.165, 1.54) is 7.11 Å². The summed E-state index contributed by atoms with van der Waals surface area (Å²) in [6.07, 6.45) is 1.44. The van der Waals surface area contributed by atoms with Crippen molar-refractivity contribution in [3.8, 4) is 0 Å². The standard InChI is InChI=1S/C7H14N2O4/c1-13-7(10)6(8)4-2-3-5-9(11)12/h6H,2-5,8H2,1H3/t6-/m0/s1. The van der Waals surface area contributed by atoms with Gasteiger partial charge in [-0.15, -0.1) is 0 Å². The zero-order valence-corrected chi connectivity index (χ0v) is 7.56. The van der Waals surface area contributed by atoms with Crippen molar-refractivity contribution in [3.63, 3.8) is 0 Å². The molecule has 0 aliphatic carbocycles. The van der Waals surface area contributed by atoms with Crippen LogP contribution in [0.2, 0.25) is 0 Å².